The summed E-state index contributed by atoms with van der Waals surface area (Å²) in [4.78, 5) is 13.6. The lowest BCUT2D eigenvalue weighted by atomic mass is 9.87. The van der Waals surface area contributed by atoms with Gasteiger partial charge < -0.3 is 10.0 Å². The molecule has 1 rings (SSSR count). The first kappa shape index (κ1) is 17.5. The Hall–Kier alpha value is -0.570. The lowest BCUT2D eigenvalue weighted by Crippen LogP contribution is -2.27. The third kappa shape index (κ3) is 6.25. The molecule has 1 fully saturated rings. The highest BCUT2D eigenvalue weighted by Gasteiger charge is 2.26. The highest BCUT2D eigenvalue weighted by atomic mass is 16.4. The maximum atomic E-state index is 11.0. The van der Waals surface area contributed by atoms with Crippen molar-refractivity contribution in [1.82, 2.24) is 4.90 Å². The summed E-state index contributed by atoms with van der Waals surface area (Å²) in [5.74, 6) is 0.269. The molecule has 0 saturated carbocycles. The van der Waals surface area contributed by atoms with Crippen LogP contribution in [0.3, 0.4) is 0 Å². The summed E-state index contributed by atoms with van der Waals surface area (Å²) in [7, 11) is 0. The van der Waals surface area contributed by atoms with E-state index in [4.69, 9.17) is 5.11 Å². The Bertz CT molecular complexity index is 289. The Morgan fingerprint density at radius 3 is 2.65 bits per heavy atom. The molecule has 0 aromatic heterocycles. The number of rotatable bonds is 8. The van der Waals surface area contributed by atoms with Crippen molar-refractivity contribution in [3.8, 4) is 0 Å². The van der Waals surface area contributed by atoms with Crippen LogP contribution in [0.2, 0.25) is 0 Å². The molecule has 0 aromatic carbocycles. The Labute approximate surface area is 124 Å². The molecule has 3 heteroatoms. The number of nitrogens with zero attached hydrogens (tertiary/aromatic N) is 1. The molecule has 0 aliphatic carbocycles. The molecule has 0 amide bonds. The monoisotopic (exact) mass is 283 g/mol. The number of aliphatic carboxylic acids is 1. The van der Waals surface area contributed by atoms with Gasteiger partial charge in [-0.3, -0.25) is 4.79 Å². The van der Waals surface area contributed by atoms with Gasteiger partial charge in [0.25, 0.3) is 0 Å². The molecule has 1 N–H and O–H groups in total. The molecule has 1 atom stereocenters. The van der Waals surface area contributed by atoms with Gasteiger partial charge in [0.2, 0.25) is 0 Å². The topological polar surface area (TPSA) is 40.5 Å². The first-order chi connectivity index (χ1) is 9.45. The largest absolute Gasteiger partial charge is 0.481 e. The summed E-state index contributed by atoms with van der Waals surface area (Å²) >= 11 is 0. The quantitative estimate of drug-likeness (QED) is 0.680. The fourth-order valence-corrected chi connectivity index (χ4v) is 3.15. The maximum Gasteiger partial charge on any atom is 0.309 e. The van der Waals surface area contributed by atoms with Gasteiger partial charge in [0, 0.05) is 0 Å². The van der Waals surface area contributed by atoms with Crippen molar-refractivity contribution in [2.45, 2.75) is 72.1 Å². The van der Waals surface area contributed by atoms with E-state index in [1.165, 1.54) is 45.2 Å². The van der Waals surface area contributed by atoms with Crippen LogP contribution >= 0.6 is 0 Å². The normalized spacial score (nSPS) is 21.6. The fraction of sp³-hybridized carbons (Fsp3) is 0.941. The maximum absolute atomic E-state index is 11.0. The predicted molar refractivity (Wildman–Crippen MR) is 84.0 cm³/mol. The van der Waals surface area contributed by atoms with Crippen molar-refractivity contribution in [2.75, 3.05) is 19.6 Å². The minimum Gasteiger partial charge on any atom is -0.481 e. The number of carbonyl (C=O) groups is 1. The highest BCUT2D eigenvalue weighted by molar-refractivity contribution is 5.73. The zero-order valence-electron chi connectivity index (χ0n) is 13.7. The summed E-state index contributed by atoms with van der Waals surface area (Å²) in [6, 6.07) is 0. The predicted octanol–water partition coefficient (Wildman–Crippen LogP) is 4.17. The Balaban J connectivity index is 2.18. The minimum absolute atomic E-state index is 0.564. The van der Waals surface area contributed by atoms with E-state index in [9.17, 15) is 4.79 Å². The average molecular weight is 283 g/mol. The van der Waals surface area contributed by atoms with E-state index in [-0.39, 0.29) is 0 Å². The molecule has 0 spiro atoms. The van der Waals surface area contributed by atoms with E-state index in [2.05, 4.69) is 11.8 Å². The highest BCUT2D eigenvalue weighted by Crippen LogP contribution is 2.24. The zero-order chi connectivity index (χ0) is 15.0. The first-order valence-electron chi connectivity index (χ1n) is 8.41. The van der Waals surface area contributed by atoms with Gasteiger partial charge in [0.1, 0.15) is 0 Å². The molecule has 3 nitrogen and oxygen atoms in total. The Morgan fingerprint density at radius 2 is 2.00 bits per heavy atom. The number of hydrogen-bond donors (Lipinski definition) is 1. The van der Waals surface area contributed by atoms with Crippen LogP contribution in [0.5, 0.6) is 0 Å². The number of unbranched alkanes of at least 4 members (excludes halogenated alkanes) is 1. The molecule has 0 aromatic rings. The molecule has 118 valence electrons. The van der Waals surface area contributed by atoms with Crippen LogP contribution in [0.15, 0.2) is 0 Å². The third-order valence-corrected chi connectivity index (χ3v) is 4.74. The van der Waals surface area contributed by atoms with Crippen molar-refractivity contribution in [3.05, 3.63) is 0 Å². The molecule has 1 heterocycles. The van der Waals surface area contributed by atoms with Crippen LogP contribution in [0.4, 0.5) is 0 Å². The van der Waals surface area contributed by atoms with Crippen molar-refractivity contribution in [2.24, 2.45) is 11.3 Å². The molecule has 1 aliphatic rings. The SMILES string of the molecule is CCCC1CCCN(CCCCC(C)(C)C(=O)O)CC1. The smallest absolute Gasteiger partial charge is 0.309 e. The van der Waals surface area contributed by atoms with Gasteiger partial charge in [-0.25, -0.2) is 0 Å². The summed E-state index contributed by atoms with van der Waals surface area (Å²) in [6.45, 7) is 9.57. The van der Waals surface area contributed by atoms with E-state index >= 15 is 0 Å². The molecule has 1 saturated heterocycles. The number of carboxylic acid groups (broad SMARTS) is 1. The van der Waals surface area contributed by atoms with Gasteiger partial charge in [0.05, 0.1) is 5.41 Å². The number of carboxylic acids is 1. The second-order valence-corrected chi connectivity index (χ2v) is 7.07. The fourth-order valence-electron chi connectivity index (χ4n) is 3.15. The molecule has 1 unspecified atom stereocenters. The van der Waals surface area contributed by atoms with E-state index in [1.807, 2.05) is 13.8 Å². The Morgan fingerprint density at radius 1 is 1.25 bits per heavy atom. The second kappa shape index (κ2) is 8.66. The number of likely N-dealkylation sites (tertiary alicyclic amines) is 1. The second-order valence-electron chi connectivity index (χ2n) is 7.07. The summed E-state index contributed by atoms with van der Waals surface area (Å²) < 4.78 is 0. The Kier molecular flexibility index (Phi) is 7.57. The van der Waals surface area contributed by atoms with Crippen molar-refractivity contribution in [1.29, 1.82) is 0 Å². The molecular formula is C17H33NO2. The van der Waals surface area contributed by atoms with Crippen molar-refractivity contribution in [3.63, 3.8) is 0 Å². The molecule has 20 heavy (non-hydrogen) atoms. The number of hydrogen-bond acceptors (Lipinski definition) is 2. The van der Waals surface area contributed by atoms with Crippen LogP contribution in [-0.4, -0.2) is 35.6 Å². The summed E-state index contributed by atoms with van der Waals surface area (Å²) in [5, 5.41) is 9.10. The van der Waals surface area contributed by atoms with Crippen molar-refractivity contribution < 1.29 is 9.90 Å². The molecule has 0 radical (unpaired) electrons. The van der Waals surface area contributed by atoms with E-state index in [1.54, 1.807) is 0 Å². The van der Waals surface area contributed by atoms with Gasteiger partial charge in [0.15, 0.2) is 0 Å². The van der Waals surface area contributed by atoms with E-state index in [0.29, 0.717) is 0 Å². The molecule has 1 aliphatic heterocycles. The van der Waals surface area contributed by atoms with Crippen LogP contribution < -0.4 is 0 Å². The van der Waals surface area contributed by atoms with E-state index < -0.39 is 11.4 Å². The van der Waals surface area contributed by atoms with Gasteiger partial charge >= 0.3 is 5.97 Å². The lowest BCUT2D eigenvalue weighted by molar-refractivity contribution is -0.147. The van der Waals surface area contributed by atoms with Crippen molar-refractivity contribution >= 4 is 5.97 Å². The standard InChI is InChI=1S/C17H33NO2/c1-4-8-15-9-7-13-18(14-10-15)12-6-5-11-17(2,3)16(19)20/h15H,4-14H2,1-3H3,(H,19,20). The van der Waals surface area contributed by atoms with Crippen LogP contribution in [-0.2, 0) is 4.79 Å². The first-order valence-corrected chi connectivity index (χ1v) is 8.41. The van der Waals surface area contributed by atoms with Gasteiger partial charge in [-0.1, -0.05) is 26.2 Å². The van der Waals surface area contributed by atoms with E-state index in [0.717, 1.165) is 31.7 Å². The lowest BCUT2D eigenvalue weighted by Gasteiger charge is -2.22. The van der Waals surface area contributed by atoms with Crippen LogP contribution in [0, 0.1) is 11.3 Å². The van der Waals surface area contributed by atoms with Crippen LogP contribution in [0.1, 0.15) is 72.1 Å². The third-order valence-electron chi connectivity index (χ3n) is 4.74. The average Bonchev–Trinajstić information content (AvgIpc) is 2.61. The van der Waals surface area contributed by atoms with Gasteiger partial charge in [-0.15, -0.1) is 0 Å². The summed E-state index contributed by atoms with van der Waals surface area (Å²) in [6.07, 6.45) is 9.74. The van der Waals surface area contributed by atoms with Gasteiger partial charge in [-0.05, 0) is 71.5 Å². The van der Waals surface area contributed by atoms with Crippen LogP contribution in [0.25, 0.3) is 0 Å². The molecule has 0 bridgehead atoms. The summed E-state index contributed by atoms with van der Waals surface area (Å²) in [5.41, 5.74) is -0.564. The zero-order valence-corrected chi connectivity index (χ0v) is 13.7. The van der Waals surface area contributed by atoms with Gasteiger partial charge in [-0.2, -0.15) is 0 Å². The molecular weight excluding hydrogens is 250 g/mol. The minimum atomic E-state index is -0.672.